The number of halogens is 1. The molecule has 4 nitrogen and oxygen atoms in total. The van der Waals surface area contributed by atoms with E-state index in [2.05, 4.69) is 46.0 Å². The van der Waals surface area contributed by atoms with Crippen LogP contribution in [0.4, 0.5) is 0 Å². The number of nitrogens with one attached hydrogen (secondary N) is 2. The molecule has 0 unspecified atom stereocenters. The Balaban J connectivity index is 0.00000225. The zero-order chi connectivity index (χ0) is 16.7. The minimum absolute atomic E-state index is 0. The molecule has 0 amide bonds. The van der Waals surface area contributed by atoms with Gasteiger partial charge in [0.15, 0.2) is 5.96 Å². The van der Waals surface area contributed by atoms with Gasteiger partial charge >= 0.3 is 0 Å². The van der Waals surface area contributed by atoms with Crippen LogP contribution in [-0.4, -0.2) is 39.3 Å². The third-order valence-electron chi connectivity index (χ3n) is 5.04. The highest BCUT2D eigenvalue weighted by atomic mass is 127. The number of benzene rings is 1. The van der Waals surface area contributed by atoms with Crippen molar-refractivity contribution in [3.8, 4) is 0 Å². The number of hydrogen-bond acceptors (Lipinski definition) is 2. The van der Waals surface area contributed by atoms with Crippen molar-refractivity contribution in [2.75, 3.05) is 33.4 Å². The fourth-order valence-electron chi connectivity index (χ4n) is 3.03. The van der Waals surface area contributed by atoms with Crippen LogP contribution in [0.2, 0.25) is 0 Å². The standard InChI is InChI=1S/C20H31N3O.HI/c1-21-19(22-12-5-13-24-15-18-8-9-18)23-16-20(10-11-20)14-17-6-3-2-4-7-17;/h2-4,6-7,18H,5,8-16H2,1H3,(H2,21,22,23);1H. The summed E-state index contributed by atoms with van der Waals surface area (Å²) in [4.78, 5) is 4.34. The first-order valence-electron chi connectivity index (χ1n) is 9.36. The van der Waals surface area contributed by atoms with Gasteiger partial charge in [0.05, 0.1) is 0 Å². The zero-order valence-electron chi connectivity index (χ0n) is 15.3. The second-order valence-corrected chi connectivity index (χ2v) is 7.39. The number of aliphatic imine (C=N–C) groups is 1. The first kappa shape index (κ1) is 20.5. The molecule has 2 saturated carbocycles. The number of ether oxygens (including phenoxy) is 1. The Labute approximate surface area is 169 Å². The summed E-state index contributed by atoms with van der Waals surface area (Å²) in [5, 5.41) is 6.91. The average Bonchev–Trinajstić information content (AvgIpc) is 3.52. The predicted molar refractivity (Wildman–Crippen MR) is 115 cm³/mol. The molecule has 0 atom stereocenters. The number of nitrogens with zero attached hydrogens (tertiary/aromatic N) is 1. The number of rotatable bonds is 10. The van der Waals surface area contributed by atoms with E-state index in [1.807, 2.05) is 7.05 Å². The summed E-state index contributed by atoms with van der Waals surface area (Å²) in [6.45, 7) is 3.71. The maximum Gasteiger partial charge on any atom is 0.190 e. The molecule has 1 aromatic rings. The van der Waals surface area contributed by atoms with Gasteiger partial charge in [0, 0.05) is 33.4 Å². The molecule has 3 rings (SSSR count). The summed E-state index contributed by atoms with van der Waals surface area (Å²) < 4.78 is 5.66. The Morgan fingerprint density at radius 1 is 1.20 bits per heavy atom. The van der Waals surface area contributed by atoms with Crippen LogP contribution in [0.25, 0.3) is 0 Å². The van der Waals surface area contributed by atoms with Crippen LogP contribution in [0.15, 0.2) is 35.3 Å². The lowest BCUT2D eigenvalue weighted by Crippen LogP contribution is -2.41. The summed E-state index contributed by atoms with van der Waals surface area (Å²) in [5.41, 5.74) is 1.86. The lowest BCUT2D eigenvalue weighted by atomic mass is 9.96. The van der Waals surface area contributed by atoms with Gasteiger partial charge in [-0.15, -0.1) is 24.0 Å². The smallest absolute Gasteiger partial charge is 0.190 e. The topological polar surface area (TPSA) is 45.7 Å². The van der Waals surface area contributed by atoms with E-state index in [0.717, 1.165) is 51.0 Å². The maximum absolute atomic E-state index is 5.66. The summed E-state index contributed by atoms with van der Waals surface area (Å²) in [7, 11) is 1.84. The first-order valence-corrected chi connectivity index (χ1v) is 9.36. The highest BCUT2D eigenvalue weighted by Crippen LogP contribution is 2.47. The van der Waals surface area contributed by atoms with Crippen molar-refractivity contribution in [2.45, 2.75) is 38.5 Å². The predicted octanol–water partition coefficient (Wildman–Crippen LogP) is 3.61. The van der Waals surface area contributed by atoms with E-state index < -0.39 is 0 Å². The van der Waals surface area contributed by atoms with E-state index in [9.17, 15) is 0 Å². The van der Waals surface area contributed by atoms with Gasteiger partial charge in [0.25, 0.3) is 0 Å². The molecule has 0 radical (unpaired) electrons. The van der Waals surface area contributed by atoms with Crippen molar-refractivity contribution in [3.05, 3.63) is 35.9 Å². The quantitative estimate of drug-likeness (QED) is 0.244. The molecule has 0 spiro atoms. The van der Waals surface area contributed by atoms with E-state index in [-0.39, 0.29) is 24.0 Å². The van der Waals surface area contributed by atoms with Gasteiger partial charge in [0.1, 0.15) is 0 Å². The van der Waals surface area contributed by atoms with Gasteiger partial charge in [-0.1, -0.05) is 30.3 Å². The van der Waals surface area contributed by atoms with Crippen LogP contribution in [-0.2, 0) is 11.2 Å². The molecule has 0 bridgehead atoms. The maximum atomic E-state index is 5.66. The number of hydrogen-bond donors (Lipinski definition) is 2. The van der Waals surface area contributed by atoms with Crippen LogP contribution >= 0.6 is 24.0 Å². The van der Waals surface area contributed by atoms with E-state index in [0.29, 0.717) is 5.41 Å². The lowest BCUT2D eigenvalue weighted by molar-refractivity contribution is 0.123. The molecule has 5 heteroatoms. The molecule has 2 aliphatic carbocycles. The van der Waals surface area contributed by atoms with Crippen molar-refractivity contribution in [3.63, 3.8) is 0 Å². The summed E-state index contributed by atoms with van der Waals surface area (Å²) in [6.07, 6.45) is 7.52. The van der Waals surface area contributed by atoms with Crippen molar-refractivity contribution < 1.29 is 4.74 Å². The van der Waals surface area contributed by atoms with Crippen LogP contribution in [0.3, 0.4) is 0 Å². The highest BCUT2D eigenvalue weighted by Gasteiger charge is 2.42. The lowest BCUT2D eigenvalue weighted by Gasteiger charge is -2.18. The molecular weight excluding hydrogens is 425 g/mol. The molecule has 2 N–H and O–H groups in total. The largest absolute Gasteiger partial charge is 0.381 e. The van der Waals surface area contributed by atoms with Gasteiger partial charge < -0.3 is 15.4 Å². The molecule has 0 saturated heterocycles. The third-order valence-corrected chi connectivity index (χ3v) is 5.04. The molecular formula is C20H32IN3O. The monoisotopic (exact) mass is 457 g/mol. The van der Waals surface area contributed by atoms with Gasteiger partial charge in [-0.3, -0.25) is 4.99 Å². The molecule has 0 aromatic heterocycles. The van der Waals surface area contributed by atoms with Gasteiger partial charge in [0.2, 0.25) is 0 Å². The van der Waals surface area contributed by atoms with E-state index in [4.69, 9.17) is 4.74 Å². The normalized spacial score (nSPS) is 18.4. The Morgan fingerprint density at radius 2 is 1.96 bits per heavy atom. The molecule has 0 aliphatic heterocycles. The van der Waals surface area contributed by atoms with Gasteiger partial charge in [-0.05, 0) is 55.4 Å². The minimum atomic E-state index is 0. The van der Waals surface area contributed by atoms with Crippen molar-refractivity contribution >= 4 is 29.9 Å². The second-order valence-electron chi connectivity index (χ2n) is 7.39. The van der Waals surface area contributed by atoms with E-state index in [1.165, 1.54) is 31.2 Å². The summed E-state index contributed by atoms with van der Waals surface area (Å²) >= 11 is 0. The Hall–Kier alpha value is -0.820. The van der Waals surface area contributed by atoms with Gasteiger partial charge in [-0.2, -0.15) is 0 Å². The van der Waals surface area contributed by atoms with Crippen LogP contribution in [0.1, 0.15) is 37.7 Å². The first-order chi connectivity index (χ1) is 11.8. The third kappa shape index (κ3) is 7.52. The number of guanidine groups is 1. The Kier molecular flexibility index (Phi) is 8.49. The highest BCUT2D eigenvalue weighted by molar-refractivity contribution is 14.0. The van der Waals surface area contributed by atoms with Crippen molar-refractivity contribution in [1.82, 2.24) is 10.6 Å². The average molecular weight is 457 g/mol. The van der Waals surface area contributed by atoms with Crippen LogP contribution in [0.5, 0.6) is 0 Å². The molecule has 2 fully saturated rings. The Bertz CT molecular complexity index is 527. The van der Waals surface area contributed by atoms with Crippen molar-refractivity contribution in [2.24, 2.45) is 16.3 Å². The SMILES string of the molecule is CN=C(NCCCOCC1CC1)NCC1(Cc2ccccc2)CC1.I. The minimum Gasteiger partial charge on any atom is -0.381 e. The summed E-state index contributed by atoms with van der Waals surface area (Å²) in [6, 6.07) is 10.8. The van der Waals surface area contributed by atoms with Gasteiger partial charge in [-0.25, -0.2) is 0 Å². The zero-order valence-corrected chi connectivity index (χ0v) is 17.6. The fourth-order valence-corrected chi connectivity index (χ4v) is 3.03. The summed E-state index contributed by atoms with van der Waals surface area (Å²) in [5.74, 6) is 1.77. The van der Waals surface area contributed by atoms with Crippen LogP contribution in [0, 0.1) is 11.3 Å². The van der Waals surface area contributed by atoms with Crippen molar-refractivity contribution in [1.29, 1.82) is 0 Å². The Morgan fingerprint density at radius 3 is 2.60 bits per heavy atom. The molecule has 140 valence electrons. The molecule has 25 heavy (non-hydrogen) atoms. The fraction of sp³-hybridized carbons (Fsp3) is 0.650. The van der Waals surface area contributed by atoms with E-state index in [1.54, 1.807) is 0 Å². The molecule has 2 aliphatic rings. The molecule has 0 heterocycles. The van der Waals surface area contributed by atoms with E-state index >= 15 is 0 Å². The molecule has 1 aromatic carbocycles. The second kappa shape index (κ2) is 10.4. The van der Waals surface area contributed by atoms with Crippen LogP contribution < -0.4 is 10.6 Å².